The Morgan fingerprint density at radius 2 is 1.93 bits per heavy atom. The lowest BCUT2D eigenvalue weighted by Crippen LogP contribution is -2.24. The summed E-state index contributed by atoms with van der Waals surface area (Å²) in [5.41, 5.74) is 9.43. The highest BCUT2D eigenvalue weighted by molar-refractivity contribution is 5.92. The molecule has 3 amide bonds. The highest BCUT2D eigenvalue weighted by Crippen LogP contribution is 2.28. The van der Waals surface area contributed by atoms with Crippen LogP contribution in [0.3, 0.4) is 0 Å². The number of anilines is 1. The molecule has 8 heteroatoms. The topological polar surface area (TPSA) is 115 Å². The largest absolute Gasteiger partial charge is 0.490 e. The number of benzene rings is 2. The van der Waals surface area contributed by atoms with Crippen molar-refractivity contribution >= 4 is 23.8 Å². The second kappa shape index (κ2) is 9.81. The van der Waals surface area contributed by atoms with E-state index in [0.29, 0.717) is 23.7 Å². The number of carbonyl (C=O) groups is 2. The number of amides is 3. The molecule has 2 aromatic rings. The maximum absolute atomic E-state index is 12.1. The number of nitrogens with two attached hydrogens (primary N) is 1. The van der Waals surface area contributed by atoms with Crippen molar-refractivity contribution in [3.63, 3.8) is 0 Å². The zero-order valence-corrected chi connectivity index (χ0v) is 15.2. The van der Waals surface area contributed by atoms with Gasteiger partial charge in [-0.05, 0) is 49.2 Å². The Labute approximate surface area is 157 Å². The van der Waals surface area contributed by atoms with Crippen molar-refractivity contribution in [3.05, 3.63) is 53.6 Å². The van der Waals surface area contributed by atoms with Crippen molar-refractivity contribution in [1.29, 1.82) is 0 Å². The molecule has 2 rings (SSSR count). The molecule has 4 N–H and O–H groups in total. The Hall–Kier alpha value is -3.55. The second-order valence-electron chi connectivity index (χ2n) is 5.53. The summed E-state index contributed by atoms with van der Waals surface area (Å²) >= 11 is 0. The summed E-state index contributed by atoms with van der Waals surface area (Å²) < 4.78 is 11.1. The third kappa shape index (κ3) is 6.35. The van der Waals surface area contributed by atoms with Crippen LogP contribution in [0.5, 0.6) is 11.5 Å². The number of hydrogen-bond acceptors (Lipinski definition) is 5. The van der Waals surface area contributed by atoms with Gasteiger partial charge < -0.3 is 20.5 Å². The van der Waals surface area contributed by atoms with E-state index in [2.05, 4.69) is 15.8 Å². The van der Waals surface area contributed by atoms with Gasteiger partial charge in [-0.25, -0.2) is 10.2 Å². The fourth-order valence-corrected chi connectivity index (χ4v) is 2.21. The summed E-state index contributed by atoms with van der Waals surface area (Å²) in [6.45, 7) is 4.01. The third-order valence-electron chi connectivity index (χ3n) is 3.43. The Kier molecular flexibility index (Phi) is 7.18. The van der Waals surface area contributed by atoms with Crippen LogP contribution >= 0.6 is 0 Å². The van der Waals surface area contributed by atoms with Crippen molar-refractivity contribution in [1.82, 2.24) is 5.43 Å². The Morgan fingerprint density at radius 3 is 2.63 bits per heavy atom. The highest BCUT2D eigenvalue weighted by atomic mass is 16.5. The monoisotopic (exact) mass is 370 g/mol. The first-order valence-electron chi connectivity index (χ1n) is 8.33. The van der Waals surface area contributed by atoms with Gasteiger partial charge in [0.1, 0.15) is 0 Å². The van der Waals surface area contributed by atoms with Crippen LogP contribution in [0, 0.1) is 6.92 Å². The zero-order chi connectivity index (χ0) is 19.6. The van der Waals surface area contributed by atoms with E-state index in [4.69, 9.17) is 15.2 Å². The van der Waals surface area contributed by atoms with Gasteiger partial charge in [-0.1, -0.05) is 18.2 Å². The summed E-state index contributed by atoms with van der Waals surface area (Å²) in [5.74, 6) is 0.615. The van der Waals surface area contributed by atoms with Crippen molar-refractivity contribution < 1.29 is 19.1 Å². The SMILES string of the molecule is CCOc1cc(/C=N\NC(N)=O)ccc1OCC(=O)Nc1ccccc1C. The number of para-hydroxylation sites is 1. The van der Waals surface area contributed by atoms with Gasteiger partial charge in [-0.2, -0.15) is 5.10 Å². The molecule has 0 aliphatic heterocycles. The highest BCUT2D eigenvalue weighted by Gasteiger charge is 2.10. The Balaban J connectivity index is 2.02. The van der Waals surface area contributed by atoms with E-state index in [-0.39, 0.29) is 12.5 Å². The van der Waals surface area contributed by atoms with Gasteiger partial charge >= 0.3 is 6.03 Å². The van der Waals surface area contributed by atoms with Crippen LogP contribution in [0.4, 0.5) is 10.5 Å². The Morgan fingerprint density at radius 1 is 1.15 bits per heavy atom. The standard InChI is InChI=1S/C19H22N4O4/c1-3-26-17-10-14(11-21-23-19(20)25)8-9-16(17)27-12-18(24)22-15-7-5-4-6-13(15)2/h4-11H,3,12H2,1-2H3,(H,22,24)(H3,20,23,25)/b21-11-. The molecular weight excluding hydrogens is 348 g/mol. The van der Waals surface area contributed by atoms with Gasteiger partial charge in [-0.3, -0.25) is 4.79 Å². The molecule has 0 aliphatic carbocycles. The first-order chi connectivity index (χ1) is 13.0. The summed E-state index contributed by atoms with van der Waals surface area (Å²) in [6.07, 6.45) is 1.42. The van der Waals surface area contributed by atoms with Crippen molar-refractivity contribution in [2.75, 3.05) is 18.5 Å². The molecule has 0 saturated carbocycles. The molecule has 2 aromatic carbocycles. The molecule has 0 fully saturated rings. The number of nitrogens with zero attached hydrogens (tertiary/aromatic N) is 1. The molecule has 0 bridgehead atoms. The number of hydrazone groups is 1. The first-order valence-corrected chi connectivity index (χ1v) is 8.33. The quantitative estimate of drug-likeness (QED) is 0.489. The molecule has 142 valence electrons. The van der Waals surface area contributed by atoms with E-state index in [1.807, 2.05) is 38.1 Å². The minimum atomic E-state index is -0.754. The smallest absolute Gasteiger partial charge is 0.332 e. The fraction of sp³-hybridized carbons (Fsp3) is 0.211. The van der Waals surface area contributed by atoms with Gasteiger partial charge in [0.2, 0.25) is 0 Å². The number of primary amides is 1. The molecule has 0 atom stereocenters. The van der Waals surface area contributed by atoms with Crippen LogP contribution < -0.4 is 25.9 Å². The number of carbonyl (C=O) groups excluding carboxylic acids is 2. The fourth-order valence-electron chi connectivity index (χ4n) is 2.21. The predicted molar refractivity (Wildman–Crippen MR) is 103 cm³/mol. The minimum absolute atomic E-state index is 0.162. The van der Waals surface area contributed by atoms with Gasteiger partial charge in [0.05, 0.1) is 12.8 Å². The summed E-state index contributed by atoms with van der Waals surface area (Å²) in [6, 6.07) is 11.8. The van der Waals surface area contributed by atoms with Crippen molar-refractivity contribution in [3.8, 4) is 11.5 Å². The molecule has 0 unspecified atom stereocenters. The van der Waals surface area contributed by atoms with E-state index < -0.39 is 6.03 Å². The second-order valence-corrected chi connectivity index (χ2v) is 5.53. The van der Waals surface area contributed by atoms with Gasteiger partial charge in [0, 0.05) is 5.69 Å². The molecule has 0 saturated heterocycles. The van der Waals surface area contributed by atoms with Gasteiger partial charge in [-0.15, -0.1) is 0 Å². The number of nitrogens with one attached hydrogen (secondary N) is 2. The number of hydrogen-bond donors (Lipinski definition) is 3. The molecule has 0 heterocycles. The van der Waals surface area contributed by atoms with Crippen molar-refractivity contribution in [2.45, 2.75) is 13.8 Å². The number of aryl methyl sites for hydroxylation is 1. The summed E-state index contributed by atoms with van der Waals surface area (Å²) in [5, 5.41) is 6.50. The molecule has 0 aromatic heterocycles. The van der Waals surface area contributed by atoms with Crippen LogP contribution in [-0.2, 0) is 4.79 Å². The lowest BCUT2D eigenvalue weighted by atomic mass is 10.2. The molecule has 27 heavy (non-hydrogen) atoms. The average molecular weight is 370 g/mol. The van der Waals surface area contributed by atoms with E-state index >= 15 is 0 Å². The van der Waals surface area contributed by atoms with Gasteiger partial charge in [0.25, 0.3) is 5.91 Å². The molecule has 0 radical (unpaired) electrons. The summed E-state index contributed by atoms with van der Waals surface area (Å²) in [4.78, 5) is 22.8. The van der Waals surface area contributed by atoms with Gasteiger partial charge in [0.15, 0.2) is 18.1 Å². The predicted octanol–water partition coefficient (Wildman–Crippen LogP) is 2.41. The Bertz CT molecular complexity index is 836. The molecule has 0 aliphatic rings. The summed E-state index contributed by atoms with van der Waals surface area (Å²) in [7, 11) is 0. The van der Waals surface area contributed by atoms with E-state index in [0.717, 1.165) is 11.3 Å². The van der Waals surface area contributed by atoms with Crippen molar-refractivity contribution in [2.24, 2.45) is 10.8 Å². The molecular formula is C19H22N4O4. The lowest BCUT2D eigenvalue weighted by Gasteiger charge is -2.13. The van der Waals surface area contributed by atoms with E-state index in [1.54, 1.807) is 18.2 Å². The normalized spacial score (nSPS) is 10.4. The van der Waals surface area contributed by atoms with Crippen LogP contribution in [0.15, 0.2) is 47.6 Å². The number of ether oxygens (including phenoxy) is 2. The van der Waals surface area contributed by atoms with E-state index in [1.165, 1.54) is 6.21 Å². The third-order valence-corrected chi connectivity index (χ3v) is 3.43. The maximum Gasteiger partial charge on any atom is 0.332 e. The molecule has 0 spiro atoms. The van der Waals surface area contributed by atoms with Crippen LogP contribution in [0.2, 0.25) is 0 Å². The lowest BCUT2D eigenvalue weighted by molar-refractivity contribution is -0.118. The van der Waals surface area contributed by atoms with Crippen LogP contribution in [-0.4, -0.2) is 31.4 Å². The van der Waals surface area contributed by atoms with Crippen LogP contribution in [0.1, 0.15) is 18.1 Å². The average Bonchev–Trinajstić information content (AvgIpc) is 2.63. The minimum Gasteiger partial charge on any atom is -0.490 e. The zero-order valence-electron chi connectivity index (χ0n) is 15.2. The maximum atomic E-state index is 12.1. The first kappa shape index (κ1) is 19.8. The van der Waals surface area contributed by atoms with E-state index in [9.17, 15) is 9.59 Å². The number of urea groups is 1. The molecule has 8 nitrogen and oxygen atoms in total. The number of rotatable bonds is 8. The van der Waals surface area contributed by atoms with Crippen LogP contribution in [0.25, 0.3) is 0 Å².